The maximum Gasteiger partial charge on any atom is 0.416 e. The van der Waals surface area contributed by atoms with Gasteiger partial charge in [0.2, 0.25) is 5.91 Å². The molecule has 1 N–H and O–H groups in total. The van der Waals surface area contributed by atoms with Gasteiger partial charge in [0.05, 0.1) is 22.1 Å². The van der Waals surface area contributed by atoms with Gasteiger partial charge in [-0.05, 0) is 18.2 Å². The van der Waals surface area contributed by atoms with E-state index < -0.39 is 17.6 Å². The van der Waals surface area contributed by atoms with Crippen molar-refractivity contribution in [2.75, 3.05) is 10.6 Å². The molecule has 0 aliphatic rings. The van der Waals surface area contributed by atoms with Crippen LogP contribution in [0.15, 0.2) is 18.2 Å². The van der Waals surface area contributed by atoms with Gasteiger partial charge in [0.15, 0.2) is 0 Å². The molecule has 0 bridgehead atoms. The zero-order valence-electron chi connectivity index (χ0n) is 8.31. The Kier molecular flexibility index (Phi) is 4.12. The Labute approximate surface area is 103 Å². The Morgan fingerprint density at radius 1 is 1.47 bits per heavy atom. The number of nitrogens with one attached hydrogen (secondary N) is 1. The van der Waals surface area contributed by atoms with Gasteiger partial charge in [-0.15, -0.1) is 0 Å². The van der Waals surface area contributed by atoms with Gasteiger partial charge in [0, 0.05) is 0 Å². The number of benzene rings is 1. The smallest absolute Gasteiger partial charge is 0.324 e. The molecule has 0 spiro atoms. The van der Waals surface area contributed by atoms with Gasteiger partial charge in [-0.2, -0.15) is 18.4 Å². The molecule has 1 aromatic carbocycles. The second-order valence-corrected chi connectivity index (χ2v) is 3.61. The van der Waals surface area contributed by atoms with E-state index in [0.717, 1.165) is 12.1 Å². The molecule has 0 atom stereocenters. The first-order valence-electron chi connectivity index (χ1n) is 4.35. The van der Waals surface area contributed by atoms with E-state index in [4.69, 9.17) is 5.26 Å². The predicted molar refractivity (Wildman–Crippen MR) is 58.6 cm³/mol. The molecular formula is C10H6BrF3N2O. The molecule has 0 fully saturated rings. The van der Waals surface area contributed by atoms with Gasteiger partial charge in [-0.3, -0.25) is 4.79 Å². The third-order valence-electron chi connectivity index (χ3n) is 1.86. The van der Waals surface area contributed by atoms with Gasteiger partial charge in [0.25, 0.3) is 0 Å². The summed E-state index contributed by atoms with van der Waals surface area (Å²) in [4.78, 5) is 11.0. The number of hydrogen-bond donors (Lipinski definition) is 1. The number of nitriles is 1. The minimum Gasteiger partial charge on any atom is -0.324 e. The van der Waals surface area contributed by atoms with Crippen molar-refractivity contribution in [1.82, 2.24) is 0 Å². The summed E-state index contributed by atoms with van der Waals surface area (Å²) in [5, 5.41) is 11.0. The number of carbonyl (C=O) groups excluding carboxylic acids is 1. The number of halogens is 4. The van der Waals surface area contributed by atoms with Crippen molar-refractivity contribution in [2.45, 2.75) is 6.18 Å². The second-order valence-electron chi connectivity index (χ2n) is 3.05. The third kappa shape index (κ3) is 3.46. The van der Waals surface area contributed by atoms with E-state index in [2.05, 4.69) is 21.2 Å². The van der Waals surface area contributed by atoms with Gasteiger partial charge < -0.3 is 5.32 Å². The lowest BCUT2D eigenvalue weighted by Gasteiger charge is -2.10. The summed E-state index contributed by atoms with van der Waals surface area (Å²) in [6.07, 6.45) is -4.51. The van der Waals surface area contributed by atoms with Crippen molar-refractivity contribution in [3.63, 3.8) is 0 Å². The van der Waals surface area contributed by atoms with Gasteiger partial charge in [-0.25, -0.2) is 0 Å². The quantitative estimate of drug-likeness (QED) is 0.854. The van der Waals surface area contributed by atoms with Crippen LogP contribution in [0.25, 0.3) is 0 Å². The Bertz CT molecular complexity index is 479. The summed E-state index contributed by atoms with van der Waals surface area (Å²) in [5.74, 6) is -0.443. The molecular weight excluding hydrogens is 301 g/mol. The summed E-state index contributed by atoms with van der Waals surface area (Å²) in [6.45, 7) is 0. The molecule has 0 unspecified atom stereocenters. The van der Waals surface area contributed by atoms with E-state index in [1.165, 1.54) is 0 Å². The van der Waals surface area contributed by atoms with Crippen LogP contribution in [0, 0.1) is 11.3 Å². The lowest BCUT2D eigenvalue weighted by atomic mass is 10.1. The molecule has 7 heteroatoms. The average molecular weight is 307 g/mol. The standard InChI is InChI=1S/C10H6BrF3N2O/c11-4-9(17)16-8-2-1-7(10(12,13)14)3-6(8)5-15/h1-3H,4H2,(H,16,17). The summed E-state index contributed by atoms with van der Waals surface area (Å²) < 4.78 is 37.1. The first kappa shape index (κ1) is 13.5. The topological polar surface area (TPSA) is 52.9 Å². The molecule has 1 amide bonds. The molecule has 0 saturated carbocycles. The van der Waals surface area contributed by atoms with Crippen molar-refractivity contribution in [1.29, 1.82) is 5.26 Å². The molecule has 3 nitrogen and oxygen atoms in total. The highest BCUT2D eigenvalue weighted by Crippen LogP contribution is 2.31. The molecule has 0 radical (unpaired) electrons. The van der Waals surface area contributed by atoms with Crippen LogP contribution in [0.1, 0.15) is 11.1 Å². The van der Waals surface area contributed by atoms with Crippen LogP contribution in [0.4, 0.5) is 18.9 Å². The minimum atomic E-state index is -4.51. The van der Waals surface area contributed by atoms with Crippen molar-refractivity contribution < 1.29 is 18.0 Å². The zero-order chi connectivity index (χ0) is 13.1. The van der Waals surface area contributed by atoms with Crippen LogP contribution in [0.2, 0.25) is 0 Å². The maximum atomic E-state index is 12.4. The van der Waals surface area contributed by atoms with Gasteiger partial charge in [0.1, 0.15) is 6.07 Å². The third-order valence-corrected chi connectivity index (χ3v) is 2.37. The number of rotatable bonds is 2. The number of anilines is 1. The fourth-order valence-corrected chi connectivity index (χ4v) is 1.25. The molecule has 0 aliphatic heterocycles. The van der Waals surface area contributed by atoms with Crippen LogP contribution in [0.3, 0.4) is 0 Å². The number of carbonyl (C=O) groups is 1. The monoisotopic (exact) mass is 306 g/mol. The van der Waals surface area contributed by atoms with E-state index in [1.807, 2.05) is 0 Å². The lowest BCUT2D eigenvalue weighted by Crippen LogP contribution is -2.14. The predicted octanol–water partition coefficient (Wildman–Crippen LogP) is 2.91. The van der Waals surface area contributed by atoms with Gasteiger partial charge >= 0.3 is 6.18 Å². The number of alkyl halides is 4. The zero-order valence-corrected chi connectivity index (χ0v) is 9.89. The van der Waals surface area contributed by atoms with E-state index in [1.54, 1.807) is 6.07 Å². The normalized spacial score (nSPS) is 10.8. The average Bonchev–Trinajstić information content (AvgIpc) is 2.27. The van der Waals surface area contributed by atoms with Crippen molar-refractivity contribution in [2.24, 2.45) is 0 Å². The van der Waals surface area contributed by atoms with Crippen LogP contribution in [0.5, 0.6) is 0 Å². The largest absolute Gasteiger partial charge is 0.416 e. The minimum absolute atomic E-state index is 0.00110. The van der Waals surface area contributed by atoms with Crippen LogP contribution >= 0.6 is 15.9 Å². The maximum absolute atomic E-state index is 12.4. The molecule has 17 heavy (non-hydrogen) atoms. The Balaban J connectivity index is 3.11. The SMILES string of the molecule is N#Cc1cc(C(F)(F)F)ccc1NC(=O)CBr. The molecule has 1 rings (SSSR count). The first-order valence-corrected chi connectivity index (χ1v) is 5.47. The number of amides is 1. The number of hydrogen-bond acceptors (Lipinski definition) is 2. The summed E-state index contributed by atoms with van der Waals surface area (Å²) in [6, 6.07) is 4.17. The van der Waals surface area contributed by atoms with Crippen LogP contribution < -0.4 is 5.32 Å². The van der Waals surface area contributed by atoms with Crippen molar-refractivity contribution in [3.8, 4) is 6.07 Å². The Hall–Kier alpha value is -1.55. The van der Waals surface area contributed by atoms with Crippen LogP contribution in [-0.4, -0.2) is 11.2 Å². The molecule has 0 aromatic heterocycles. The van der Waals surface area contributed by atoms with Crippen molar-refractivity contribution >= 4 is 27.5 Å². The molecule has 1 aromatic rings. The first-order chi connectivity index (χ1) is 7.88. The van der Waals surface area contributed by atoms with Crippen LogP contribution in [-0.2, 0) is 11.0 Å². The fourth-order valence-electron chi connectivity index (χ4n) is 1.11. The molecule has 0 saturated heterocycles. The van der Waals surface area contributed by atoms with E-state index in [0.29, 0.717) is 6.07 Å². The Morgan fingerprint density at radius 3 is 2.59 bits per heavy atom. The highest BCUT2D eigenvalue weighted by molar-refractivity contribution is 9.09. The van der Waals surface area contributed by atoms with E-state index in [9.17, 15) is 18.0 Å². The van der Waals surface area contributed by atoms with E-state index >= 15 is 0 Å². The summed E-state index contributed by atoms with van der Waals surface area (Å²) in [7, 11) is 0. The second kappa shape index (κ2) is 5.19. The molecule has 0 heterocycles. The highest BCUT2D eigenvalue weighted by atomic mass is 79.9. The molecule has 0 aliphatic carbocycles. The lowest BCUT2D eigenvalue weighted by molar-refractivity contribution is -0.137. The van der Waals surface area contributed by atoms with Gasteiger partial charge in [-0.1, -0.05) is 15.9 Å². The number of nitrogens with zero attached hydrogens (tertiary/aromatic N) is 1. The van der Waals surface area contributed by atoms with Crippen molar-refractivity contribution in [3.05, 3.63) is 29.3 Å². The highest BCUT2D eigenvalue weighted by Gasteiger charge is 2.31. The van der Waals surface area contributed by atoms with E-state index in [-0.39, 0.29) is 16.6 Å². The molecule has 90 valence electrons. The summed E-state index contributed by atoms with van der Waals surface area (Å²) >= 11 is 2.89. The fraction of sp³-hybridized carbons (Fsp3) is 0.200. The Morgan fingerprint density at radius 2 is 2.12 bits per heavy atom. The summed E-state index contributed by atoms with van der Waals surface area (Å²) in [5.41, 5.74) is -1.09.